The second-order valence-corrected chi connectivity index (χ2v) is 10.1. The van der Waals surface area contributed by atoms with Gasteiger partial charge in [-0.15, -0.1) is 0 Å². The maximum Gasteiger partial charge on any atom is 0.161 e. The van der Waals surface area contributed by atoms with Crippen molar-refractivity contribution in [2.24, 2.45) is 0 Å². The quantitative estimate of drug-likeness (QED) is 0.261. The number of ketones is 1. The number of aromatic nitrogens is 1. The Kier molecular flexibility index (Phi) is 7.61. The SMILES string of the molecule is CC(=O)c1cn(CCCN2CCN(CCOc3ccc(Cl)c4ccccc34)CC2)c2c(C)cccc12. The highest BCUT2D eigenvalue weighted by molar-refractivity contribution is 6.35. The summed E-state index contributed by atoms with van der Waals surface area (Å²) in [5, 5.41) is 3.93. The molecule has 0 saturated carbocycles. The Morgan fingerprint density at radius 2 is 1.56 bits per heavy atom. The van der Waals surface area contributed by atoms with E-state index in [9.17, 15) is 4.79 Å². The minimum absolute atomic E-state index is 0.133. The molecule has 188 valence electrons. The summed E-state index contributed by atoms with van der Waals surface area (Å²) in [5.74, 6) is 1.03. The lowest BCUT2D eigenvalue weighted by molar-refractivity contribution is 0.101. The first-order chi connectivity index (χ1) is 17.5. The summed E-state index contributed by atoms with van der Waals surface area (Å²) in [6.45, 7) is 11.7. The Hall–Kier alpha value is -2.86. The van der Waals surface area contributed by atoms with Gasteiger partial charge in [0.05, 0.1) is 5.52 Å². The third kappa shape index (κ3) is 5.29. The van der Waals surface area contributed by atoms with Crippen molar-refractivity contribution < 1.29 is 9.53 Å². The summed E-state index contributed by atoms with van der Waals surface area (Å²) >= 11 is 6.33. The number of hydrogen-bond donors (Lipinski definition) is 0. The molecule has 1 aliphatic heterocycles. The standard InChI is InChI=1S/C30H34ClN3O2/c1-22-7-5-10-26-27(23(2)35)21-34(30(22)26)14-6-13-32-15-17-33(18-16-32)19-20-36-29-12-11-28(31)24-8-3-4-9-25(24)29/h3-5,7-12,21H,6,13-20H2,1-2H3. The van der Waals surface area contributed by atoms with Crippen LogP contribution in [0.2, 0.25) is 5.02 Å². The number of rotatable bonds is 9. The van der Waals surface area contributed by atoms with E-state index in [1.165, 1.54) is 11.1 Å². The van der Waals surface area contributed by atoms with Crippen LogP contribution in [0.25, 0.3) is 21.7 Å². The molecule has 0 bridgehead atoms. The molecule has 36 heavy (non-hydrogen) atoms. The van der Waals surface area contributed by atoms with Crippen LogP contribution in [-0.2, 0) is 6.54 Å². The van der Waals surface area contributed by atoms with Crippen LogP contribution in [-0.4, -0.2) is 66.0 Å². The Labute approximate surface area is 218 Å². The summed E-state index contributed by atoms with van der Waals surface area (Å²) in [4.78, 5) is 17.2. The third-order valence-corrected chi connectivity index (χ3v) is 7.64. The van der Waals surface area contributed by atoms with Crippen LogP contribution < -0.4 is 4.74 Å². The van der Waals surface area contributed by atoms with Gasteiger partial charge in [-0.3, -0.25) is 9.69 Å². The number of piperazine rings is 1. The molecule has 6 heteroatoms. The van der Waals surface area contributed by atoms with Crippen molar-refractivity contribution in [3.63, 3.8) is 0 Å². The average Bonchev–Trinajstić information content (AvgIpc) is 3.27. The lowest BCUT2D eigenvalue weighted by atomic mass is 10.1. The first kappa shape index (κ1) is 24.8. The van der Waals surface area contributed by atoms with Crippen LogP contribution in [0, 0.1) is 6.92 Å². The fourth-order valence-corrected chi connectivity index (χ4v) is 5.58. The zero-order valence-electron chi connectivity index (χ0n) is 21.2. The zero-order valence-corrected chi connectivity index (χ0v) is 21.9. The Bertz CT molecular complexity index is 1370. The van der Waals surface area contributed by atoms with Crippen molar-refractivity contribution in [1.29, 1.82) is 0 Å². The second kappa shape index (κ2) is 11.0. The minimum atomic E-state index is 0.133. The first-order valence-corrected chi connectivity index (χ1v) is 13.2. The van der Waals surface area contributed by atoms with E-state index < -0.39 is 0 Å². The molecule has 4 aromatic rings. The van der Waals surface area contributed by atoms with Crippen LogP contribution in [0.15, 0.2) is 60.8 Å². The lowest BCUT2D eigenvalue weighted by Gasteiger charge is -2.34. The Balaban J connectivity index is 1.08. The Morgan fingerprint density at radius 3 is 2.31 bits per heavy atom. The molecule has 0 unspecified atom stereocenters. The molecule has 0 atom stereocenters. The molecule has 0 spiro atoms. The van der Waals surface area contributed by atoms with E-state index in [0.29, 0.717) is 6.61 Å². The van der Waals surface area contributed by atoms with Gasteiger partial charge in [0.15, 0.2) is 5.78 Å². The highest BCUT2D eigenvalue weighted by atomic mass is 35.5. The van der Waals surface area contributed by atoms with Crippen LogP contribution in [0.1, 0.15) is 29.3 Å². The summed E-state index contributed by atoms with van der Waals surface area (Å²) in [5.41, 5.74) is 3.25. The van der Waals surface area contributed by atoms with Gasteiger partial charge in [-0.2, -0.15) is 0 Å². The number of Topliss-reactive ketones (excluding diaryl/α,β-unsaturated/α-hetero) is 1. The van der Waals surface area contributed by atoms with E-state index in [2.05, 4.69) is 39.5 Å². The predicted molar refractivity (Wildman–Crippen MR) is 149 cm³/mol. The molecule has 1 aromatic heterocycles. The van der Waals surface area contributed by atoms with Crippen LogP contribution in [0.5, 0.6) is 5.75 Å². The number of fused-ring (bicyclic) bond motifs is 2. The number of para-hydroxylation sites is 1. The van der Waals surface area contributed by atoms with E-state index in [-0.39, 0.29) is 5.78 Å². The number of hydrogen-bond acceptors (Lipinski definition) is 4. The second-order valence-electron chi connectivity index (χ2n) is 9.74. The molecule has 5 rings (SSSR count). The molecule has 2 heterocycles. The Morgan fingerprint density at radius 1 is 0.861 bits per heavy atom. The van der Waals surface area contributed by atoms with Gasteiger partial charge in [0, 0.05) is 72.2 Å². The molecule has 1 fully saturated rings. The number of ether oxygens (including phenoxy) is 1. The minimum Gasteiger partial charge on any atom is -0.492 e. The van der Waals surface area contributed by atoms with E-state index in [1.807, 2.05) is 42.6 Å². The molecular weight excluding hydrogens is 470 g/mol. The molecule has 0 aliphatic carbocycles. The number of aryl methyl sites for hydroxylation is 2. The third-order valence-electron chi connectivity index (χ3n) is 7.31. The van der Waals surface area contributed by atoms with Crippen molar-refractivity contribution >= 4 is 39.1 Å². The summed E-state index contributed by atoms with van der Waals surface area (Å²) in [6, 6.07) is 18.2. The molecule has 1 saturated heterocycles. The summed E-state index contributed by atoms with van der Waals surface area (Å²) in [7, 11) is 0. The fourth-order valence-electron chi connectivity index (χ4n) is 5.35. The smallest absolute Gasteiger partial charge is 0.161 e. The number of benzene rings is 3. The van der Waals surface area contributed by atoms with Crippen molar-refractivity contribution in [3.8, 4) is 5.75 Å². The number of halogens is 1. The summed E-state index contributed by atoms with van der Waals surface area (Å²) in [6.07, 6.45) is 3.12. The lowest BCUT2D eigenvalue weighted by Crippen LogP contribution is -2.47. The van der Waals surface area contributed by atoms with E-state index in [4.69, 9.17) is 16.3 Å². The van der Waals surface area contributed by atoms with Gasteiger partial charge in [-0.05, 0) is 44.5 Å². The van der Waals surface area contributed by atoms with E-state index >= 15 is 0 Å². The van der Waals surface area contributed by atoms with Crippen LogP contribution >= 0.6 is 11.6 Å². The molecule has 1 aliphatic rings. The molecule has 5 nitrogen and oxygen atoms in total. The van der Waals surface area contributed by atoms with Gasteiger partial charge in [0.25, 0.3) is 0 Å². The highest BCUT2D eigenvalue weighted by Gasteiger charge is 2.18. The van der Waals surface area contributed by atoms with Crippen molar-refractivity contribution in [3.05, 3.63) is 76.9 Å². The first-order valence-electron chi connectivity index (χ1n) is 12.9. The van der Waals surface area contributed by atoms with Crippen LogP contribution in [0.4, 0.5) is 0 Å². The maximum atomic E-state index is 12.1. The normalized spacial score (nSPS) is 15.1. The number of carbonyl (C=O) groups is 1. The van der Waals surface area contributed by atoms with Gasteiger partial charge >= 0.3 is 0 Å². The predicted octanol–water partition coefficient (Wildman–Crippen LogP) is 6.05. The largest absolute Gasteiger partial charge is 0.492 e. The van der Waals surface area contributed by atoms with Gasteiger partial charge in [0.1, 0.15) is 12.4 Å². The zero-order chi connectivity index (χ0) is 25.1. The molecule has 0 radical (unpaired) electrons. The van der Waals surface area contributed by atoms with Crippen molar-refractivity contribution in [2.45, 2.75) is 26.8 Å². The monoisotopic (exact) mass is 503 g/mol. The van der Waals surface area contributed by atoms with Gasteiger partial charge in [-0.1, -0.05) is 54.1 Å². The molecule has 3 aromatic carbocycles. The number of nitrogens with zero attached hydrogens (tertiary/aromatic N) is 3. The molecular formula is C30H34ClN3O2. The van der Waals surface area contributed by atoms with Gasteiger partial charge in [-0.25, -0.2) is 0 Å². The topological polar surface area (TPSA) is 37.7 Å². The summed E-state index contributed by atoms with van der Waals surface area (Å²) < 4.78 is 8.41. The van der Waals surface area contributed by atoms with Crippen LogP contribution in [0.3, 0.4) is 0 Å². The molecule has 0 amide bonds. The van der Waals surface area contributed by atoms with Gasteiger partial charge in [0.2, 0.25) is 0 Å². The average molecular weight is 504 g/mol. The fraction of sp³-hybridized carbons (Fsp3) is 0.367. The van der Waals surface area contributed by atoms with E-state index in [1.54, 1.807) is 6.92 Å². The van der Waals surface area contributed by atoms with Crippen molar-refractivity contribution in [1.82, 2.24) is 14.4 Å². The molecule has 0 N–H and O–H groups in total. The highest BCUT2D eigenvalue weighted by Crippen LogP contribution is 2.31. The maximum absolute atomic E-state index is 12.1. The van der Waals surface area contributed by atoms with Gasteiger partial charge < -0.3 is 14.2 Å². The number of carbonyl (C=O) groups excluding carboxylic acids is 1. The van der Waals surface area contributed by atoms with E-state index in [0.717, 1.165) is 84.7 Å². The van der Waals surface area contributed by atoms with Crippen molar-refractivity contribution in [2.75, 3.05) is 45.9 Å².